The summed E-state index contributed by atoms with van der Waals surface area (Å²) in [5.41, 5.74) is 3.25. The smallest absolute Gasteiger partial charge is 0.187 e. The monoisotopic (exact) mass is 320 g/mol. The SMILES string of the molecule is CCO[C@H]1C(=O)/C(=C/c2ccccc2)CC[C@H]1Cc1ccccc1. The molecule has 2 aromatic rings. The summed E-state index contributed by atoms with van der Waals surface area (Å²) in [6.07, 6.45) is 4.42. The molecule has 2 heteroatoms. The van der Waals surface area contributed by atoms with E-state index in [4.69, 9.17) is 4.74 Å². The fourth-order valence-corrected chi connectivity index (χ4v) is 3.42. The van der Waals surface area contributed by atoms with Gasteiger partial charge >= 0.3 is 0 Å². The van der Waals surface area contributed by atoms with Crippen molar-refractivity contribution < 1.29 is 9.53 Å². The van der Waals surface area contributed by atoms with E-state index < -0.39 is 0 Å². The molecular formula is C22H24O2. The zero-order valence-electron chi connectivity index (χ0n) is 14.2. The lowest BCUT2D eigenvalue weighted by Gasteiger charge is -2.31. The summed E-state index contributed by atoms with van der Waals surface area (Å²) in [6, 6.07) is 20.4. The average Bonchev–Trinajstić information content (AvgIpc) is 2.62. The highest BCUT2D eigenvalue weighted by Gasteiger charge is 2.35. The van der Waals surface area contributed by atoms with Crippen LogP contribution in [0.4, 0.5) is 0 Å². The molecule has 3 rings (SSSR count). The van der Waals surface area contributed by atoms with Gasteiger partial charge in [-0.2, -0.15) is 0 Å². The van der Waals surface area contributed by atoms with E-state index in [0.717, 1.165) is 30.4 Å². The van der Waals surface area contributed by atoms with Crippen LogP contribution < -0.4 is 0 Å². The van der Waals surface area contributed by atoms with E-state index in [-0.39, 0.29) is 17.8 Å². The topological polar surface area (TPSA) is 26.3 Å². The van der Waals surface area contributed by atoms with Gasteiger partial charge in [-0.25, -0.2) is 0 Å². The summed E-state index contributed by atoms with van der Waals surface area (Å²) in [5.74, 6) is 0.417. The van der Waals surface area contributed by atoms with Crippen molar-refractivity contribution in [3.63, 3.8) is 0 Å². The fraction of sp³-hybridized carbons (Fsp3) is 0.318. The first-order chi connectivity index (χ1) is 11.8. The lowest BCUT2D eigenvalue weighted by atomic mass is 9.78. The number of carbonyl (C=O) groups excluding carboxylic acids is 1. The van der Waals surface area contributed by atoms with Gasteiger partial charge in [0.1, 0.15) is 6.10 Å². The molecule has 0 radical (unpaired) electrons. The third kappa shape index (κ3) is 4.01. The van der Waals surface area contributed by atoms with E-state index in [9.17, 15) is 4.79 Å². The van der Waals surface area contributed by atoms with Crippen LogP contribution in [0.25, 0.3) is 6.08 Å². The van der Waals surface area contributed by atoms with Crippen LogP contribution in [0.15, 0.2) is 66.2 Å². The van der Waals surface area contributed by atoms with Crippen molar-refractivity contribution in [1.82, 2.24) is 0 Å². The minimum absolute atomic E-state index is 0.160. The summed E-state index contributed by atoms with van der Waals surface area (Å²) in [5, 5.41) is 0. The van der Waals surface area contributed by atoms with Crippen LogP contribution in [0.1, 0.15) is 30.9 Å². The largest absolute Gasteiger partial charge is 0.370 e. The Hall–Kier alpha value is -2.19. The Balaban J connectivity index is 1.78. The fourth-order valence-electron chi connectivity index (χ4n) is 3.42. The molecule has 1 aliphatic rings. The van der Waals surface area contributed by atoms with Crippen molar-refractivity contribution in [1.29, 1.82) is 0 Å². The molecule has 1 saturated carbocycles. The third-order valence-corrected chi connectivity index (χ3v) is 4.61. The minimum atomic E-state index is -0.320. The highest BCUT2D eigenvalue weighted by molar-refractivity contribution is 6.03. The van der Waals surface area contributed by atoms with Crippen molar-refractivity contribution in [2.45, 2.75) is 32.3 Å². The molecule has 0 bridgehead atoms. The van der Waals surface area contributed by atoms with Gasteiger partial charge in [0.25, 0.3) is 0 Å². The Morgan fingerprint density at radius 2 is 1.71 bits per heavy atom. The van der Waals surface area contributed by atoms with Gasteiger partial charge in [-0.15, -0.1) is 0 Å². The molecule has 2 nitrogen and oxygen atoms in total. The van der Waals surface area contributed by atoms with Gasteiger partial charge < -0.3 is 4.74 Å². The molecule has 0 aliphatic heterocycles. The van der Waals surface area contributed by atoms with Crippen LogP contribution in [0.3, 0.4) is 0 Å². The van der Waals surface area contributed by atoms with Crippen LogP contribution in [-0.2, 0) is 16.0 Å². The molecule has 124 valence electrons. The molecule has 0 heterocycles. The number of hydrogen-bond donors (Lipinski definition) is 0. The Bertz CT molecular complexity index is 688. The predicted molar refractivity (Wildman–Crippen MR) is 97.7 cm³/mol. The summed E-state index contributed by atoms with van der Waals surface area (Å²) in [4.78, 5) is 12.9. The standard InChI is InChI=1S/C22H24O2/c1-2-24-22-20(16-18-11-7-4-8-12-18)14-13-19(21(22)23)15-17-9-5-3-6-10-17/h3-12,15,20,22H,2,13-14,16H2,1H3/b19-15+/t20-,22+/m0/s1. The van der Waals surface area contributed by atoms with Crippen LogP contribution in [-0.4, -0.2) is 18.5 Å². The Morgan fingerprint density at radius 1 is 1.04 bits per heavy atom. The lowest BCUT2D eigenvalue weighted by molar-refractivity contribution is -0.132. The number of Topliss-reactive ketones (excluding diaryl/α,β-unsaturated/α-hetero) is 1. The molecule has 24 heavy (non-hydrogen) atoms. The van der Waals surface area contributed by atoms with Gasteiger partial charge in [-0.05, 0) is 54.9 Å². The second kappa shape index (κ2) is 8.07. The van der Waals surface area contributed by atoms with Crippen molar-refractivity contribution in [2.24, 2.45) is 5.92 Å². The van der Waals surface area contributed by atoms with Gasteiger partial charge in [-0.3, -0.25) is 4.79 Å². The van der Waals surface area contributed by atoms with E-state index in [0.29, 0.717) is 6.61 Å². The van der Waals surface area contributed by atoms with E-state index in [1.807, 2.05) is 49.4 Å². The second-order valence-electron chi connectivity index (χ2n) is 6.31. The molecule has 0 aromatic heterocycles. The van der Waals surface area contributed by atoms with Gasteiger partial charge in [0, 0.05) is 6.61 Å². The zero-order valence-corrected chi connectivity index (χ0v) is 14.2. The maximum absolute atomic E-state index is 12.9. The lowest BCUT2D eigenvalue weighted by Crippen LogP contribution is -2.38. The first-order valence-corrected chi connectivity index (χ1v) is 8.73. The van der Waals surface area contributed by atoms with E-state index >= 15 is 0 Å². The molecule has 1 fully saturated rings. The van der Waals surface area contributed by atoms with Gasteiger partial charge in [0.15, 0.2) is 5.78 Å². The first-order valence-electron chi connectivity index (χ1n) is 8.73. The molecular weight excluding hydrogens is 296 g/mol. The molecule has 0 spiro atoms. The number of ketones is 1. The van der Waals surface area contributed by atoms with Crippen LogP contribution in [0.5, 0.6) is 0 Å². The molecule has 1 aliphatic carbocycles. The van der Waals surface area contributed by atoms with Gasteiger partial charge in [0.05, 0.1) is 0 Å². The number of hydrogen-bond acceptors (Lipinski definition) is 2. The van der Waals surface area contributed by atoms with E-state index in [1.165, 1.54) is 5.56 Å². The van der Waals surface area contributed by atoms with Crippen LogP contribution >= 0.6 is 0 Å². The summed E-state index contributed by atoms with van der Waals surface area (Å²) in [6.45, 7) is 2.53. The highest BCUT2D eigenvalue weighted by atomic mass is 16.5. The Labute approximate surface area is 144 Å². The number of benzene rings is 2. The zero-order chi connectivity index (χ0) is 16.8. The summed E-state index contributed by atoms with van der Waals surface area (Å²) < 4.78 is 5.86. The normalized spacial score (nSPS) is 22.7. The molecule has 0 unspecified atom stereocenters. The highest BCUT2D eigenvalue weighted by Crippen LogP contribution is 2.31. The number of carbonyl (C=O) groups is 1. The molecule has 0 saturated heterocycles. The quantitative estimate of drug-likeness (QED) is 0.747. The van der Waals surface area contributed by atoms with Crippen molar-refractivity contribution in [3.8, 4) is 0 Å². The summed E-state index contributed by atoms with van der Waals surface area (Å²) >= 11 is 0. The molecule has 0 amide bonds. The molecule has 2 atom stereocenters. The van der Waals surface area contributed by atoms with Crippen LogP contribution in [0, 0.1) is 5.92 Å². The Kier molecular flexibility index (Phi) is 5.60. The Morgan fingerprint density at radius 3 is 2.38 bits per heavy atom. The van der Waals surface area contributed by atoms with Crippen LogP contribution in [0.2, 0.25) is 0 Å². The molecule has 0 N–H and O–H groups in total. The number of rotatable bonds is 5. The maximum Gasteiger partial charge on any atom is 0.187 e. The predicted octanol–water partition coefficient (Wildman–Crippen LogP) is 4.70. The van der Waals surface area contributed by atoms with Gasteiger partial charge in [-0.1, -0.05) is 60.7 Å². The summed E-state index contributed by atoms with van der Waals surface area (Å²) in [7, 11) is 0. The maximum atomic E-state index is 12.9. The molecule has 2 aromatic carbocycles. The van der Waals surface area contributed by atoms with Gasteiger partial charge in [0.2, 0.25) is 0 Å². The van der Waals surface area contributed by atoms with E-state index in [1.54, 1.807) is 0 Å². The van der Waals surface area contributed by atoms with Crippen molar-refractivity contribution in [2.75, 3.05) is 6.61 Å². The number of ether oxygens (including phenoxy) is 1. The third-order valence-electron chi connectivity index (χ3n) is 4.61. The van der Waals surface area contributed by atoms with Crippen molar-refractivity contribution in [3.05, 3.63) is 77.4 Å². The van der Waals surface area contributed by atoms with E-state index in [2.05, 4.69) is 24.3 Å². The average molecular weight is 320 g/mol. The minimum Gasteiger partial charge on any atom is -0.370 e. The second-order valence-corrected chi connectivity index (χ2v) is 6.31. The first kappa shape index (κ1) is 16.7. The van der Waals surface area contributed by atoms with Crippen molar-refractivity contribution >= 4 is 11.9 Å².